The van der Waals surface area contributed by atoms with Crippen LogP contribution < -0.4 is 0 Å². The molecule has 0 unspecified atom stereocenters. The van der Waals surface area contributed by atoms with Gasteiger partial charge in [-0.15, -0.1) is 0 Å². The molecular weight excluding hydrogens is 330 g/mol. The standard InChI is InChI=1S/C25H31NO/c1-2-3-4-6-21-8-10-22(11-9-21)12-13-23-14-16-24(17-15-23)19-26-18-5-7-25(26)20-27/h8-11,14-17,25,27H,2-7,18-20H2,1H3/t25-/m1/s1. The summed E-state index contributed by atoms with van der Waals surface area (Å²) in [7, 11) is 0. The Labute approximate surface area is 164 Å². The largest absolute Gasteiger partial charge is 0.395 e. The van der Waals surface area contributed by atoms with Gasteiger partial charge in [-0.05, 0) is 67.6 Å². The van der Waals surface area contributed by atoms with Crippen molar-refractivity contribution in [3.8, 4) is 11.8 Å². The molecule has 1 fully saturated rings. The van der Waals surface area contributed by atoms with Crippen molar-refractivity contribution in [2.75, 3.05) is 13.2 Å². The minimum absolute atomic E-state index is 0.265. The van der Waals surface area contributed by atoms with Gasteiger partial charge >= 0.3 is 0 Å². The van der Waals surface area contributed by atoms with Crippen LogP contribution in [0.5, 0.6) is 0 Å². The molecule has 0 aromatic heterocycles. The number of likely N-dealkylation sites (tertiary alicyclic amines) is 1. The molecule has 0 saturated carbocycles. The molecule has 3 rings (SSSR count). The molecule has 1 aliphatic rings. The summed E-state index contributed by atoms with van der Waals surface area (Å²) >= 11 is 0. The van der Waals surface area contributed by atoms with Gasteiger partial charge in [-0.1, -0.05) is 55.9 Å². The Balaban J connectivity index is 1.55. The van der Waals surface area contributed by atoms with Gasteiger partial charge < -0.3 is 5.11 Å². The molecule has 27 heavy (non-hydrogen) atoms. The first-order valence-corrected chi connectivity index (χ1v) is 10.3. The first-order chi connectivity index (χ1) is 13.3. The maximum Gasteiger partial charge on any atom is 0.0587 e. The van der Waals surface area contributed by atoms with Gasteiger partial charge in [0.1, 0.15) is 0 Å². The van der Waals surface area contributed by atoms with Crippen LogP contribution in [0.4, 0.5) is 0 Å². The molecule has 1 aliphatic heterocycles. The van der Waals surface area contributed by atoms with Crippen molar-refractivity contribution in [3.05, 3.63) is 70.8 Å². The molecule has 0 amide bonds. The van der Waals surface area contributed by atoms with Crippen molar-refractivity contribution in [2.45, 2.75) is 58.0 Å². The van der Waals surface area contributed by atoms with Gasteiger partial charge in [-0.3, -0.25) is 4.90 Å². The monoisotopic (exact) mass is 361 g/mol. The zero-order valence-corrected chi connectivity index (χ0v) is 16.5. The van der Waals surface area contributed by atoms with Gasteiger partial charge in [0.2, 0.25) is 0 Å². The first-order valence-electron chi connectivity index (χ1n) is 10.3. The number of hydrogen-bond donors (Lipinski definition) is 1. The van der Waals surface area contributed by atoms with E-state index in [0.717, 1.165) is 37.1 Å². The third-order valence-electron chi connectivity index (χ3n) is 5.42. The molecule has 1 N–H and O–H groups in total. The second-order valence-electron chi connectivity index (χ2n) is 7.55. The Bertz CT molecular complexity index is 752. The molecule has 1 heterocycles. The minimum atomic E-state index is 0.265. The van der Waals surface area contributed by atoms with Gasteiger partial charge in [-0.2, -0.15) is 0 Å². The Morgan fingerprint density at radius 1 is 0.926 bits per heavy atom. The zero-order valence-electron chi connectivity index (χ0n) is 16.5. The maximum absolute atomic E-state index is 9.45. The Morgan fingerprint density at radius 3 is 2.15 bits per heavy atom. The van der Waals surface area contributed by atoms with Gasteiger partial charge in [0, 0.05) is 23.7 Å². The molecule has 0 radical (unpaired) electrons. The third kappa shape index (κ3) is 5.96. The summed E-state index contributed by atoms with van der Waals surface area (Å²) in [6, 6.07) is 17.5. The van der Waals surface area contributed by atoms with E-state index in [2.05, 4.69) is 72.2 Å². The van der Waals surface area contributed by atoms with E-state index in [1.807, 2.05) is 0 Å². The number of nitrogens with zero attached hydrogens (tertiary/aromatic N) is 1. The lowest BCUT2D eigenvalue weighted by molar-refractivity contribution is 0.153. The van der Waals surface area contributed by atoms with E-state index >= 15 is 0 Å². The fraction of sp³-hybridized carbons (Fsp3) is 0.440. The summed E-state index contributed by atoms with van der Waals surface area (Å²) in [6.45, 7) is 4.50. The lowest BCUT2D eigenvalue weighted by atomic mass is 10.1. The van der Waals surface area contributed by atoms with E-state index in [4.69, 9.17) is 0 Å². The van der Waals surface area contributed by atoms with Crippen molar-refractivity contribution >= 4 is 0 Å². The number of aryl methyl sites for hydroxylation is 1. The smallest absolute Gasteiger partial charge is 0.0587 e. The third-order valence-corrected chi connectivity index (χ3v) is 5.42. The van der Waals surface area contributed by atoms with E-state index in [1.54, 1.807) is 0 Å². The second-order valence-corrected chi connectivity index (χ2v) is 7.55. The molecule has 2 aromatic rings. The second kappa shape index (κ2) is 10.3. The highest BCUT2D eigenvalue weighted by Gasteiger charge is 2.23. The van der Waals surface area contributed by atoms with Crippen LogP contribution in [0.15, 0.2) is 48.5 Å². The number of rotatable bonds is 7. The van der Waals surface area contributed by atoms with Gasteiger partial charge in [0.25, 0.3) is 0 Å². The van der Waals surface area contributed by atoms with Gasteiger partial charge in [-0.25, -0.2) is 0 Å². The average molecular weight is 362 g/mol. The molecule has 1 atom stereocenters. The lowest BCUT2D eigenvalue weighted by Gasteiger charge is -2.22. The molecule has 2 heteroatoms. The molecule has 2 aromatic carbocycles. The Kier molecular flexibility index (Phi) is 7.51. The van der Waals surface area contributed by atoms with E-state index in [0.29, 0.717) is 6.04 Å². The quantitative estimate of drug-likeness (QED) is 0.567. The molecule has 2 nitrogen and oxygen atoms in total. The maximum atomic E-state index is 9.45. The van der Waals surface area contributed by atoms with Crippen LogP contribution in [-0.4, -0.2) is 29.2 Å². The topological polar surface area (TPSA) is 23.5 Å². The van der Waals surface area contributed by atoms with Crippen LogP contribution in [0.1, 0.15) is 61.3 Å². The predicted octanol–water partition coefficient (Wildman–Crippen LogP) is 4.78. The highest BCUT2D eigenvalue weighted by atomic mass is 16.3. The highest BCUT2D eigenvalue weighted by Crippen LogP contribution is 2.19. The van der Waals surface area contributed by atoms with Crippen LogP contribution in [0.2, 0.25) is 0 Å². The normalized spacial score (nSPS) is 16.9. The van der Waals surface area contributed by atoms with Crippen LogP contribution in [0.3, 0.4) is 0 Å². The molecular formula is C25H31NO. The predicted molar refractivity (Wildman–Crippen MR) is 113 cm³/mol. The number of aliphatic hydroxyl groups is 1. The summed E-state index contributed by atoms with van der Waals surface area (Å²) < 4.78 is 0. The van der Waals surface area contributed by atoms with Crippen molar-refractivity contribution in [1.82, 2.24) is 4.90 Å². The number of benzene rings is 2. The zero-order chi connectivity index (χ0) is 18.9. The fourth-order valence-corrected chi connectivity index (χ4v) is 3.72. The van der Waals surface area contributed by atoms with Crippen molar-refractivity contribution < 1.29 is 5.11 Å². The van der Waals surface area contributed by atoms with Crippen LogP contribution in [0.25, 0.3) is 0 Å². The van der Waals surface area contributed by atoms with E-state index in [-0.39, 0.29) is 6.61 Å². The van der Waals surface area contributed by atoms with E-state index in [1.165, 1.54) is 36.8 Å². The highest BCUT2D eigenvalue weighted by molar-refractivity contribution is 5.44. The van der Waals surface area contributed by atoms with Crippen molar-refractivity contribution in [3.63, 3.8) is 0 Å². The average Bonchev–Trinajstić information content (AvgIpc) is 3.16. The molecule has 0 bridgehead atoms. The van der Waals surface area contributed by atoms with Crippen LogP contribution >= 0.6 is 0 Å². The van der Waals surface area contributed by atoms with E-state index < -0.39 is 0 Å². The van der Waals surface area contributed by atoms with Gasteiger partial charge in [0.05, 0.1) is 6.61 Å². The summed E-state index contributed by atoms with van der Waals surface area (Å²) in [5.41, 5.74) is 4.81. The summed E-state index contributed by atoms with van der Waals surface area (Å²) in [5.74, 6) is 6.54. The number of unbranched alkanes of at least 4 members (excludes halogenated alkanes) is 2. The lowest BCUT2D eigenvalue weighted by Crippen LogP contribution is -2.31. The molecule has 1 saturated heterocycles. The molecule has 142 valence electrons. The van der Waals surface area contributed by atoms with Crippen LogP contribution in [0, 0.1) is 11.8 Å². The minimum Gasteiger partial charge on any atom is -0.395 e. The number of aliphatic hydroxyl groups excluding tert-OH is 1. The van der Waals surface area contributed by atoms with Crippen molar-refractivity contribution in [1.29, 1.82) is 0 Å². The van der Waals surface area contributed by atoms with E-state index in [9.17, 15) is 5.11 Å². The van der Waals surface area contributed by atoms with Crippen LogP contribution in [-0.2, 0) is 13.0 Å². The van der Waals surface area contributed by atoms with Crippen molar-refractivity contribution in [2.24, 2.45) is 0 Å². The van der Waals surface area contributed by atoms with Gasteiger partial charge in [0.15, 0.2) is 0 Å². The Hall–Kier alpha value is -2.08. The summed E-state index contributed by atoms with van der Waals surface area (Å²) in [5, 5.41) is 9.45. The summed E-state index contributed by atoms with van der Waals surface area (Å²) in [6.07, 6.45) is 7.30. The fourth-order valence-electron chi connectivity index (χ4n) is 3.72. The first kappa shape index (κ1) is 19.7. The Morgan fingerprint density at radius 2 is 1.56 bits per heavy atom. The molecule has 0 spiro atoms. The molecule has 0 aliphatic carbocycles. The number of hydrogen-bond acceptors (Lipinski definition) is 2. The summed E-state index contributed by atoms with van der Waals surface area (Å²) in [4.78, 5) is 2.38. The SMILES string of the molecule is CCCCCc1ccc(C#Cc2ccc(CN3CCC[C@@H]3CO)cc2)cc1.